The minimum absolute atomic E-state index is 0.0174. The van der Waals surface area contributed by atoms with Crippen LogP contribution in [-0.4, -0.2) is 74.7 Å². The number of hydrogen-bond acceptors (Lipinski definition) is 6. The molecule has 166 valence electrons. The maximum absolute atomic E-state index is 12.6. The molecule has 2 heterocycles. The number of ether oxygens (including phenoxy) is 3. The zero-order valence-corrected chi connectivity index (χ0v) is 18.5. The van der Waals surface area contributed by atoms with Gasteiger partial charge in [-0.1, -0.05) is 6.07 Å². The maximum Gasteiger partial charge on any atom is 0.246 e. The second-order valence-corrected chi connectivity index (χ2v) is 7.42. The van der Waals surface area contributed by atoms with Gasteiger partial charge in [-0.3, -0.25) is 14.7 Å². The molecule has 0 unspecified atom stereocenters. The summed E-state index contributed by atoms with van der Waals surface area (Å²) in [7, 11) is 4.72. The first-order valence-electron chi connectivity index (χ1n) is 10.5. The number of benzene rings is 1. The van der Waals surface area contributed by atoms with Crippen molar-refractivity contribution < 1.29 is 19.0 Å². The average Bonchev–Trinajstić information content (AvgIpc) is 2.82. The summed E-state index contributed by atoms with van der Waals surface area (Å²) in [6.45, 7) is 4.32. The fraction of sp³-hybridized carbons (Fsp3) is 0.417. The van der Waals surface area contributed by atoms with E-state index < -0.39 is 0 Å². The predicted molar refractivity (Wildman–Crippen MR) is 121 cm³/mol. The van der Waals surface area contributed by atoms with E-state index in [-0.39, 0.29) is 5.91 Å². The molecule has 7 nitrogen and oxygen atoms in total. The smallest absolute Gasteiger partial charge is 0.246 e. The van der Waals surface area contributed by atoms with E-state index in [4.69, 9.17) is 14.2 Å². The molecule has 0 radical (unpaired) electrons. The summed E-state index contributed by atoms with van der Waals surface area (Å²) < 4.78 is 16.1. The van der Waals surface area contributed by atoms with Crippen LogP contribution in [0.4, 0.5) is 0 Å². The molecule has 7 heteroatoms. The van der Waals surface area contributed by atoms with Crippen LogP contribution in [0, 0.1) is 0 Å². The second-order valence-electron chi connectivity index (χ2n) is 7.42. The number of hydrogen-bond donors (Lipinski definition) is 0. The lowest BCUT2D eigenvalue weighted by Gasteiger charge is -2.34. The molecule has 1 aromatic heterocycles. The first-order chi connectivity index (χ1) is 15.1. The minimum atomic E-state index is 0.0174. The van der Waals surface area contributed by atoms with E-state index in [0.717, 1.165) is 51.1 Å². The van der Waals surface area contributed by atoms with Crippen molar-refractivity contribution in [1.29, 1.82) is 0 Å². The highest BCUT2D eigenvalue weighted by molar-refractivity contribution is 5.92. The SMILES string of the molecule is COc1cc(/C=C/C(=O)N2CCN(CCCc3cccnc3)CC2)cc(OC)c1OC. The lowest BCUT2D eigenvalue weighted by atomic mass is 10.1. The number of carbonyl (C=O) groups is 1. The Balaban J connectivity index is 1.49. The van der Waals surface area contributed by atoms with E-state index in [1.54, 1.807) is 39.7 Å². The molecule has 1 amide bonds. The van der Waals surface area contributed by atoms with Gasteiger partial charge in [0.25, 0.3) is 0 Å². The molecule has 0 saturated carbocycles. The van der Waals surface area contributed by atoms with Crippen LogP contribution < -0.4 is 14.2 Å². The highest BCUT2D eigenvalue weighted by atomic mass is 16.5. The Bertz CT molecular complexity index is 853. The van der Waals surface area contributed by atoms with Crippen LogP contribution in [0.5, 0.6) is 17.2 Å². The van der Waals surface area contributed by atoms with Gasteiger partial charge < -0.3 is 19.1 Å². The van der Waals surface area contributed by atoms with Crippen LogP contribution in [-0.2, 0) is 11.2 Å². The number of rotatable bonds is 9. The maximum atomic E-state index is 12.6. The molecule has 1 fully saturated rings. The van der Waals surface area contributed by atoms with E-state index in [2.05, 4.69) is 16.0 Å². The highest BCUT2D eigenvalue weighted by Gasteiger charge is 2.19. The van der Waals surface area contributed by atoms with E-state index >= 15 is 0 Å². The fourth-order valence-corrected chi connectivity index (χ4v) is 3.72. The molecule has 1 aliphatic rings. The van der Waals surface area contributed by atoms with Gasteiger partial charge in [-0.05, 0) is 54.8 Å². The quantitative estimate of drug-likeness (QED) is 0.576. The van der Waals surface area contributed by atoms with Gasteiger partial charge in [-0.15, -0.1) is 0 Å². The lowest BCUT2D eigenvalue weighted by molar-refractivity contribution is -0.127. The summed E-state index contributed by atoms with van der Waals surface area (Å²) >= 11 is 0. The summed E-state index contributed by atoms with van der Waals surface area (Å²) in [6, 6.07) is 7.74. The number of aryl methyl sites for hydroxylation is 1. The number of piperazine rings is 1. The van der Waals surface area contributed by atoms with Gasteiger partial charge in [0.2, 0.25) is 11.7 Å². The second kappa shape index (κ2) is 11.4. The molecule has 1 aromatic carbocycles. The van der Waals surface area contributed by atoms with E-state index in [1.807, 2.05) is 29.3 Å². The molecular weight excluding hydrogens is 394 g/mol. The molecule has 0 aliphatic carbocycles. The number of pyridine rings is 1. The third kappa shape index (κ3) is 6.21. The Morgan fingerprint density at radius 1 is 1.06 bits per heavy atom. The summed E-state index contributed by atoms with van der Waals surface area (Å²) in [5.41, 5.74) is 2.09. The highest BCUT2D eigenvalue weighted by Crippen LogP contribution is 2.38. The Morgan fingerprint density at radius 2 is 1.77 bits per heavy atom. The van der Waals surface area contributed by atoms with Crippen molar-refractivity contribution in [3.8, 4) is 17.2 Å². The third-order valence-electron chi connectivity index (χ3n) is 5.45. The molecule has 3 rings (SSSR count). The van der Waals surface area contributed by atoms with Crippen molar-refractivity contribution in [2.75, 3.05) is 54.1 Å². The number of nitrogens with zero attached hydrogens (tertiary/aromatic N) is 3. The predicted octanol–water partition coefficient (Wildman–Crippen LogP) is 2.90. The van der Waals surface area contributed by atoms with Crippen LogP contribution >= 0.6 is 0 Å². The molecule has 0 bridgehead atoms. The molecule has 0 N–H and O–H groups in total. The van der Waals surface area contributed by atoms with Gasteiger partial charge in [0, 0.05) is 44.6 Å². The van der Waals surface area contributed by atoms with Crippen LogP contribution in [0.15, 0.2) is 42.7 Å². The normalized spacial score (nSPS) is 14.6. The van der Waals surface area contributed by atoms with Gasteiger partial charge in [0.15, 0.2) is 11.5 Å². The van der Waals surface area contributed by atoms with Gasteiger partial charge in [-0.25, -0.2) is 0 Å². The standard InChI is InChI=1S/C24H31N3O4/c1-29-21-16-20(17-22(30-2)24(21)31-3)8-9-23(28)27-14-12-26(13-15-27)11-5-7-19-6-4-10-25-18-19/h4,6,8-10,16-18H,5,7,11-15H2,1-3H3/b9-8+. The van der Waals surface area contributed by atoms with Gasteiger partial charge >= 0.3 is 0 Å². The van der Waals surface area contributed by atoms with Crippen molar-refractivity contribution in [1.82, 2.24) is 14.8 Å². The van der Waals surface area contributed by atoms with Crippen LogP contribution in [0.3, 0.4) is 0 Å². The van der Waals surface area contributed by atoms with Crippen molar-refractivity contribution >= 4 is 12.0 Å². The molecule has 1 saturated heterocycles. The average molecular weight is 426 g/mol. The van der Waals surface area contributed by atoms with Crippen LogP contribution in [0.25, 0.3) is 6.08 Å². The molecule has 31 heavy (non-hydrogen) atoms. The van der Waals surface area contributed by atoms with Crippen molar-refractivity contribution in [2.45, 2.75) is 12.8 Å². The first-order valence-corrected chi connectivity index (χ1v) is 10.5. The van der Waals surface area contributed by atoms with E-state index in [9.17, 15) is 4.79 Å². The summed E-state index contributed by atoms with van der Waals surface area (Å²) in [4.78, 5) is 21.1. The molecular formula is C24H31N3O4. The van der Waals surface area contributed by atoms with E-state index in [0.29, 0.717) is 17.2 Å². The van der Waals surface area contributed by atoms with Gasteiger partial charge in [0.1, 0.15) is 0 Å². The zero-order valence-electron chi connectivity index (χ0n) is 18.5. The Hall–Kier alpha value is -3.06. The largest absolute Gasteiger partial charge is 0.493 e. The Morgan fingerprint density at radius 3 is 2.35 bits per heavy atom. The lowest BCUT2D eigenvalue weighted by Crippen LogP contribution is -2.48. The Labute approximate surface area is 184 Å². The minimum Gasteiger partial charge on any atom is -0.493 e. The molecule has 0 spiro atoms. The van der Waals surface area contributed by atoms with Crippen LogP contribution in [0.1, 0.15) is 17.5 Å². The van der Waals surface area contributed by atoms with Crippen LogP contribution in [0.2, 0.25) is 0 Å². The number of methoxy groups -OCH3 is 3. The number of carbonyl (C=O) groups excluding carboxylic acids is 1. The number of aromatic nitrogens is 1. The topological polar surface area (TPSA) is 64.1 Å². The molecule has 0 atom stereocenters. The van der Waals surface area contributed by atoms with Crippen molar-refractivity contribution in [2.24, 2.45) is 0 Å². The van der Waals surface area contributed by atoms with Crippen molar-refractivity contribution in [3.63, 3.8) is 0 Å². The zero-order chi connectivity index (χ0) is 22.1. The van der Waals surface area contributed by atoms with E-state index in [1.165, 1.54) is 5.56 Å². The molecule has 2 aromatic rings. The van der Waals surface area contributed by atoms with Gasteiger partial charge in [0.05, 0.1) is 21.3 Å². The fourth-order valence-electron chi connectivity index (χ4n) is 3.72. The summed E-state index contributed by atoms with van der Waals surface area (Å²) in [5.74, 6) is 1.68. The molecule has 1 aliphatic heterocycles. The number of amides is 1. The third-order valence-corrected chi connectivity index (χ3v) is 5.45. The van der Waals surface area contributed by atoms with Crippen molar-refractivity contribution in [3.05, 3.63) is 53.9 Å². The summed E-state index contributed by atoms with van der Waals surface area (Å²) in [6.07, 6.45) is 9.25. The summed E-state index contributed by atoms with van der Waals surface area (Å²) in [5, 5.41) is 0. The van der Waals surface area contributed by atoms with Gasteiger partial charge in [-0.2, -0.15) is 0 Å². The first kappa shape index (κ1) is 22.6. The monoisotopic (exact) mass is 425 g/mol. The Kier molecular flexibility index (Phi) is 8.29.